The van der Waals surface area contributed by atoms with E-state index in [1.165, 1.54) is 0 Å². The van der Waals surface area contributed by atoms with Crippen molar-refractivity contribution in [1.82, 2.24) is 19.9 Å². The van der Waals surface area contributed by atoms with Crippen LogP contribution in [0.4, 0.5) is 0 Å². The summed E-state index contributed by atoms with van der Waals surface area (Å²) in [5.74, 6) is 0. The van der Waals surface area contributed by atoms with Crippen LogP contribution in [0.1, 0.15) is 0 Å². The molecule has 0 N–H and O–H groups in total. The van der Waals surface area contributed by atoms with E-state index in [1.54, 1.807) is 24.8 Å². The lowest BCUT2D eigenvalue weighted by atomic mass is 10.3. The summed E-state index contributed by atoms with van der Waals surface area (Å²) in [5, 5.41) is 2.18. The summed E-state index contributed by atoms with van der Waals surface area (Å²) in [7, 11) is 0. The summed E-state index contributed by atoms with van der Waals surface area (Å²) in [6, 6.07) is 11.6. The second-order valence-corrected chi connectivity index (χ2v) is 4.14. The first-order valence-corrected chi connectivity index (χ1v) is 6.52. The van der Waals surface area contributed by atoms with Crippen molar-refractivity contribution < 1.29 is 4.79 Å². The highest BCUT2D eigenvalue weighted by molar-refractivity contribution is 5.77. The summed E-state index contributed by atoms with van der Waals surface area (Å²) in [5.41, 5.74) is 2.00. The van der Waals surface area contributed by atoms with E-state index < -0.39 is 0 Å². The van der Waals surface area contributed by atoms with Crippen molar-refractivity contribution in [2.24, 2.45) is 0 Å². The van der Waals surface area contributed by atoms with Crippen molar-refractivity contribution in [3.63, 3.8) is 0 Å². The minimum Gasteiger partial charge on any atom is -0.307 e. The topological polar surface area (TPSA) is 68.6 Å². The molecule has 4 aromatic heterocycles. The molecule has 0 saturated carbocycles. The van der Waals surface area contributed by atoms with E-state index in [-0.39, 0.29) is 0 Å². The Morgan fingerprint density at radius 3 is 1.50 bits per heavy atom. The van der Waals surface area contributed by atoms with Crippen LogP contribution in [-0.2, 0) is 4.79 Å². The molecular formula is C17H14N4O. The molecule has 5 nitrogen and oxygen atoms in total. The molecule has 0 amide bonds. The Hall–Kier alpha value is -3.21. The minimum absolute atomic E-state index is 0.998. The van der Waals surface area contributed by atoms with Crippen LogP contribution in [0.15, 0.2) is 73.6 Å². The van der Waals surface area contributed by atoms with Crippen molar-refractivity contribution in [3.05, 3.63) is 73.6 Å². The number of hydrogen-bond donors (Lipinski definition) is 0. The Labute approximate surface area is 127 Å². The lowest BCUT2D eigenvalue weighted by Gasteiger charge is -1.90. The first kappa shape index (κ1) is 15.2. The fraction of sp³-hybridized carbons (Fsp3) is 0. The molecule has 0 radical (unpaired) electrons. The average Bonchev–Trinajstić information content (AvgIpc) is 2.64. The molecule has 4 rings (SSSR count). The molecule has 4 heterocycles. The second kappa shape index (κ2) is 8.16. The Morgan fingerprint density at radius 2 is 1.09 bits per heavy atom. The van der Waals surface area contributed by atoms with E-state index in [9.17, 15) is 0 Å². The van der Waals surface area contributed by atoms with Gasteiger partial charge in [-0.3, -0.25) is 19.9 Å². The molecule has 0 aromatic carbocycles. The van der Waals surface area contributed by atoms with E-state index in [1.807, 2.05) is 55.6 Å². The number of hydrogen-bond acceptors (Lipinski definition) is 5. The third-order valence-electron chi connectivity index (χ3n) is 2.81. The summed E-state index contributed by atoms with van der Waals surface area (Å²) in [6.07, 6.45) is 10.7. The molecule has 0 atom stereocenters. The van der Waals surface area contributed by atoms with Gasteiger partial charge in [-0.1, -0.05) is 0 Å². The van der Waals surface area contributed by atoms with Crippen LogP contribution in [0.25, 0.3) is 21.8 Å². The molecular weight excluding hydrogens is 276 g/mol. The fourth-order valence-corrected chi connectivity index (χ4v) is 1.83. The number of rotatable bonds is 0. The zero-order valence-corrected chi connectivity index (χ0v) is 11.8. The maximum Gasteiger partial charge on any atom is 0.106 e. The summed E-state index contributed by atoms with van der Waals surface area (Å²) in [6.45, 7) is 2.00. The number of carbonyl (C=O) groups excluding carboxylic acids is 1. The number of aromatic nitrogens is 4. The summed E-state index contributed by atoms with van der Waals surface area (Å²) in [4.78, 5) is 24.2. The van der Waals surface area contributed by atoms with E-state index in [0.29, 0.717) is 0 Å². The second-order valence-electron chi connectivity index (χ2n) is 4.14. The van der Waals surface area contributed by atoms with Crippen molar-refractivity contribution in [3.8, 4) is 0 Å². The van der Waals surface area contributed by atoms with Crippen molar-refractivity contribution in [1.29, 1.82) is 0 Å². The number of fused-ring (bicyclic) bond motifs is 2. The Morgan fingerprint density at radius 1 is 0.636 bits per heavy atom. The first-order valence-electron chi connectivity index (χ1n) is 6.52. The van der Waals surface area contributed by atoms with Gasteiger partial charge in [-0.2, -0.15) is 0 Å². The van der Waals surface area contributed by atoms with Crippen molar-refractivity contribution in [2.75, 3.05) is 0 Å². The first-order chi connectivity index (χ1) is 10.9. The summed E-state index contributed by atoms with van der Waals surface area (Å²) < 4.78 is 0. The monoisotopic (exact) mass is 290 g/mol. The number of nitrogens with zero attached hydrogens (tertiary/aromatic N) is 4. The average molecular weight is 290 g/mol. The van der Waals surface area contributed by atoms with Gasteiger partial charge in [0.2, 0.25) is 0 Å². The molecule has 0 unspecified atom stereocenters. The molecule has 0 saturated heterocycles. The lowest BCUT2D eigenvalue weighted by Crippen LogP contribution is -1.76. The van der Waals surface area contributed by atoms with E-state index in [0.717, 1.165) is 21.8 Å². The molecule has 0 aliphatic heterocycles. The zero-order valence-electron chi connectivity index (χ0n) is 11.8. The minimum atomic E-state index is 0.998. The molecule has 0 aliphatic carbocycles. The van der Waals surface area contributed by atoms with Crippen LogP contribution in [-0.4, -0.2) is 26.7 Å². The van der Waals surface area contributed by atoms with E-state index in [4.69, 9.17) is 4.79 Å². The highest BCUT2D eigenvalue weighted by Crippen LogP contribution is 2.06. The molecule has 22 heavy (non-hydrogen) atoms. The predicted octanol–water partition coefficient (Wildman–Crippen LogP) is 3.07. The van der Waals surface area contributed by atoms with Gasteiger partial charge >= 0.3 is 0 Å². The van der Waals surface area contributed by atoms with Gasteiger partial charge < -0.3 is 4.79 Å². The van der Waals surface area contributed by atoms with Crippen LogP contribution in [0.3, 0.4) is 0 Å². The highest BCUT2D eigenvalue weighted by Gasteiger charge is 1.88. The molecule has 0 bridgehead atoms. The molecule has 0 spiro atoms. The quantitative estimate of drug-likeness (QED) is 0.498. The van der Waals surface area contributed by atoms with E-state index in [2.05, 4.69) is 19.9 Å². The van der Waals surface area contributed by atoms with Crippen LogP contribution in [0, 0.1) is 0 Å². The highest BCUT2D eigenvalue weighted by atomic mass is 16.1. The molecule has 5 heteroatoms. The van der Waals surface area contributed by atoms with Gasteiger partial charge in [0.25, 0.3) is 0 Å². The maximum absolute atomic E-state index is 8.00. The Balaban J connectivity index is 0.000000144. The lowest BCUT2D eigenvalue weighted by molar-refractivity contribution is -0.0979. The smallest absolute Gasteiger partial charge is 0.106 e. The van der Waals surface area contributed by atoms with Gasteiger partial charge in [-0.25, -0.2) is 0 Å². The van der Waals surface area contributed by atoms with Crippen LogP contribution in [0.5, 0.6) is 0 Å². The SMILES string of the molecule is C=O.c1cnc2ccncc2c1.c1cnc2ccncc2c1. The van der Waals surface area contributed by atoms with Gasteiger partial charge in [0.15, 0.2) is 0 Å². The third kappa shape index (κ3) is 3.89. The van der Waals surface area contributed by atoms with Crippen molar-refractivity contribution in [2.45, 2.75) is 0 Å². The van der Waals surface area contributed by atoms with Gasteiger partial charge in [-0.15, -0.1) is 0 Å². The molecule has 0 fully saturated rings. The normalized spacial score (nSPS) is 9.27. The molecule has 108 valence electrons. The Bertz CT molecular complexity index is 649. The molecule has 0 aliphatic rings. The zero-order chi connectivity index (χ0) is 15.6. The van der Waals surface area contributed by atoms with Gasteiger partial charge in [0, 0.05) is 48.0 Å². The Kier molecular flexibility index (Phi) is 5.63. The van der Waals surface area contributed by atoms with Gasteiger partial charge in [0.05, 0.1) is 11.0 Å². The van der Waals surface area contributed by atoms with Gasteiger partial charge in [0.1, 0.15) is 6.79 Å². The molecule has 4 aromatic rings. The van der Waals surface area contributed by atoms with Crippen LogP contribution in [0.2, 0.25) is 0 Å². The summed E-state index contributed by atoms with van der Waals surface area (Å²) >= 11 is 0. The van der Waals surface area contributed by atoms with Gasteiger partial charge in [-0.05, 0) is 36.4 Å². The largest absolute Gasteiger partial charge is 0.307 e. The maximum atomic E-state index is 8.00. The standard InChI is InChI=1S/2C8H6N2.CH2O/c2*1-2-7-6-9-5-3-8(7)10-4-1;1-2/h2*1-6H;1H2. The number of carbonyl (C=O) groups is 1. The van der Waals surface area contributed by atoms with Crippen LogP contribution >= 0.6 is 0 Å². The predicted molar refractivity (Wildman–Crippen MR) is 86.2 cm³/mol. The fourth-order valence-electron chi connectivity index (χ4n) is 1.83. The van der Waals surface area contributed by atoms with Crippen molar-refractivity contribution >= 4 is 28.6 Å². The van der Waals surface area contributed by atoms with E-state index >= 15 is 0 Å². The van der Waals surface area contributed by atoms with Crippen LogP contribution < -0.4 is 0 Å². The number of pyridine rings is 4. The third-order valence-corrected chi connectivity index (χ3v) is 2.81.